The number of aryl methyl sites for hydroxylation is 2. The zero-order valence-corrected chi connectivity index (χ0v) is 17.6. The van der Waals surface area contributed by atoms with E-state index in [1.807, 2.05) is 6.07 Å². The van der Waals surface area contributed by atoms with Crippen LogP contribution in [0.25, 0.3) is 0 Å². The monoisotopic (exact) mass is 432 g/mol. The summed E-state index contributed by atoms with van der Waals surface area (Å²) >= 11 is 9.28. The third kappa shape index (κ3) is 2.67. The number of nitrogens with zero attached hydrogens (tertiary/aromatic N) is 1. The molecule has 2 aromatic rings. The predicted octanol–water partition coefficient (Wildman–Crippen LogP) is 5.01. The lowest BCUT2D eigenvalue weighted by atomic mass is 9.90. The lowest BCUT2D eigenvalue weighted by Crippen LogP contribution is -2.65. The van der Waals surface area contributed by atoms with Gasteiger partial charge >= 0.3 is 0 Å². The summed E-state index contributed by atoms with van der Waals surface area (Å²) in [5, 5.41) is 4.17. The van der Waals surface area contributed by atoms with E-state index in [1.54, 1.807) is 7.11 Å². The summed E-state index contributed by atoms with van der Waals surface area (Å²) in [5.74, 6) is 1.50. The minimum atomic E-state index is -0.581. The smallest absolute Gasteiger partial charge is 0.188 e. The number of anilines is 1. The largest absolute Gasteiger partial charge is 0.493 e. The van der Waals surface area contributed by atoms with E-state index in [0.717, 1.165) is 33.6 Å². The van der Waals surface area contributed by atoms with Crippen LogP contribution in [-0.4, -0.2) is 17.9 Å². The molecule has 0 aliphatic carbocycles. The minimum Gasteiger partial charge on any atom is -0.493 e. The molecule has 2 bridgehead atoms. The first kappa shape index (κ1) is 17.6. The highest BCUT2D eigenvalue weighted by Crippen LogP contribution is 2.50. The van der Waals surface area contributed by atoms with Gasteiger partial charge in [0.2, 0.25) is 0 Å². The highest BCUT2D eigenvalue weighted by atomic mass is 79.9. The van der Waals surface area contributed by atoms with Crippen LogP contribution in [0.15, 0.2) is 34.8 Å². The Balaban J connectivity index is 1.83. The van der Waals surface area contributed by atoms with E-state index < -0.39 is 5.72 Å². The molecule has 2 aliphatic rings. The van der Waals surface area contributed by atoms with Gasteiger partial charge in [0.1, 0.15) is 0 Å². The second-order valence-electron chi connectivity index (χ2n) is 7.11. The van der Waals surface area contributed by atoms with Gasteiger partial charge < -0.3 is 14.8 Å². The average molecular weight is 433 g/mol. The van der Waals surface area contributed by atoms with Gasteiger partial charge in [0.15, 0.2) is 22.3 Å². The summed E-state index contributed by atoms with van der Waals surface area (Å²) in [6.07, 6.45) is 0.784. The molecule has 6 heteroatoms. The third-order valence-corrected chi connectivity index (χ3v) is 6.03. The standard InChI is InChI=1S/C20H21BrN2O2S/c1-11-5-6-14(7-12(11)2)23-19(26)22-16-10-20(23,3)25-18-15(16)8-13(21)9-17(18)24-4/h5-9,16H,10H2,1-4H3,(H,22,26). The SMILES string of the molecule is COc1cc(Br)cc2c1OC1(C)CC2NC(=S)N1c1ccc(C)c(C)c1. The maximum absolute atomic E-state index is 6.53. The van der Waals surface area contributed by atoms with E-state index in [2.05, 4.69) is 71.2 Å². The van der Waals surface area contributed by atoms with E-state index in [9.17, 15) is 0 Å². The molecule has 2 unspecified atom stereocenters. The number of halogens is 1. The molecular weight excluding hydrogens is 412 g/mol. The molecule has 2 atom stereocenters. The molecule has 1 saturated heterocycles. The summed E-state index contributed by atoms with van der Waals surface area (Å²) in [7, 11) is 1.66. The summed E-state index contributed by atoms with van der Waals surface area (Å²) in [6, 6.07) is 10.5. The Morgan fingerprint density at radius 2 is 2.04 bits per heavy atom. The number of methoxy groups -OCH3 is 1. The highest BCUT2D eigenvalue weighted by molar-refractivity contribution is 9.10. The fourth-order valence-corrected chi connectivity index (χ4v) is 4.70. The minimum absolute atomic E-state index is 0.0884. The molecule has 0 aromatic heterocycles. The second kappa shape index (κ2) is 6.13. The van der Waals surface area contributed by atoms with Crippen LogP contribution >= 0.6 is 28.1 Å². The second-order valence-corrected chi connectivity index (χ2v) is 8.42. The number of hydrogen-bond donors (Lipinski definition) is 1. The number of ether oxygens (including phenoxy) is 2. The zero-order valence-electron chi connectivity index (χ0n) is 15.2. The number of rotatable bonds is 2. The van der Waals surface area contributed by atoms with Crippen LogP contribution < -0.4 is 19.7 Å². The molecular formula is C20H21BrN2O2S. The van der Waals surface area contributed by atoms with E-state index in [4.69, 9.17) is 21.7 Å². The van der Waals surface area contributed by atoms with Crippen LogP contribution in [0.2, 0.25) is 0 Å². The molecule has 2 aromatic carbocycles. The first-order chi connectivity index (χ1) is 12.3. The number of benzene rings is 2. The Hall–Kier alpha value is -1.79. The normalized spacial score (nSPS) is 23.8. The van der Waals surface area contributed by atoms with Crippen molar-refractivity contribution in [3.63, 3.8) is 0 Å². The lowest BCUT2D eigenvalue weighted by Gasteiger charge is -2.52. The first-order valence-corrected chi connectivity index (χ1v) is 9.77. The first-order valence-electron chi connectivity index (χ1n) is 8.57. The Bertz CT molecular complexity index is 917. The van der Waals surface area contributed by atoms with Gasteiger partial charge in [0.25, 0.3) is 0 Å². The van der Waals surface area contributed by atoms with Crippen molar-refractivity contribution >= 4 is 38.9 Å². The molecule has 0 radical (unpaired) electrons. The van der Waals surface area contributed by atoms with Crippen LogP contribution in [0.5, 0.6) is 11.5 Å². The number of thiocarbonyl (C=S) groups is 1. The topological polar surface area (TPSA) is 33.7 Å². The maximum Gasteiger partial charge on any atom is 0.188 e. The van der Waals surface area contributed by atoms with Crippen molar-refractivity contribution in [2.24, 2.45) is 0 Å². The summed E-state index contributed by atoms with van der Waals surface area (Å²) in [4.78, 5) is 2.08. The van der Waals surface area contributed by atoms with Crippen molar-refractivity contribution < 1.29 is 9.47 Å². The van der Waals surface area contributed by atoms with Crippen molar-refractivity contribution in [1.29, 1.82) is 0 Å². The molecule has 1 N–H and O–H groups in total. The molecule has 0 amide bonds. The van der Waals surface area contributed by atoms with Crippen molar-refractivity contribution in [3.05, 3.63) is 51.5 Å². The molecule has 0 saturated carbocycles. The Morgan fingerprint density at radius 1 is 1.27 bits per heavy atom. The fraction of sp³-hybridized carbons (Fsp3) is 0.350. The van der Waals surface area contributed by atoms with Gasteiger partial charge in [0, 0.05) is 22.1 Å². The van der Waals surface area contributed by atoms with Crippen LogP contribution in [0.1, 0.15) is 36.1 Å². The molecule has 136 valence electrons. The van der Waals surface area contributed by atoms with Crippen LogP contribution in [0.4, 0.5) is 5.69 Å². The molecule has 1 fully saturated rings. The molecule has 0 spiro atoms. The van der Waals surface area contributed by atoms with E-state index >= 15 is 0 Å². The van der Waals surface area contributed by atoms with E-state index in [0.29, 0.717) is 5.11 Å². The molecule has 2 aliphatic heterocycles. The highest BCUT2D eigenvalue weighted by Gasteiger charge is 2.49. The van der Waals surface area contributed by atoms with Crippen LogP contribution in [0.3, 0.4) is 0 Å². The Morgan fingerprint density at radius 3 is 2.73 bits per heavy atom. The van der Waals surface area contributed by atoms with Gasteiger partial charge in [-0.25, -0.2) is 0 Å². The average Bonchev–Trinajstić information content (AvgIpc) is 2.57. The Kier molecular flexibility index (Phi) is 4.15. The summed E-state index contributed by atoms with van der Waals surface area (Å²) in [6.45, 7) is 6.31. The van der Waals surface area contributed by atoms with Gasteiger partial charge in [-0.1, -0.05) is 22.0 Å². The number of fused-ring (bicyclic) bond motifs is 4. The molecule has 4 nitrogen and oxygen atoms in total. The van der Waals surface area contributed by atoms with Crippen molar-refractivity contribution in [3.8, 4) is 11.5 Å². The van der Waals surface area contributed by atoms with Crippen LogP contribution in [0, 0.1) is 13.8 Å². The third-order valence-electron chi connectivity index (χ3n) is 5.27. The van der Waals surface area contributed by atoms with Gasteiger partial charge in [-0.2, -0.15) is 0 Å². The summed E-state index contributed by atoms with van der Waals surface area (Å²) < 4.78 is 13.1. The number of hydrogen-bond acceptors (Lipinski definition) is 3. The van der Waals surface area contributed by atoms with Gasteiger partial charge in [-0.15, -0.1) is 0 Å². The maximum atomic E-state index is 6.53. The van der Waals surface area contributed by atoms with E-state index in [-0.39, 0.29) is 6.04 Å². The Labute approximate surface area is 167 Å². The van der Waals surface area contributed by atoms with Crippen LogP contribution in [-0.2, 0) is 0 Å². The lowest BCUT2D eigenvalue weighted by molar-refractivity contribution is 0.0464. The molecule has 4 rings (SSSR count). The zero-order chi connectivity index (χ0) is 18.6. The van der Waals surface area contributed by atoms with E-state index in [1.165, 1.54) is 11.1 Å². The van der Waals surface area contributed by atoms with Crippen molar-refractivity contribution in [2.45, 2.75) is 39.0 Å². The van der Waals surface area contributed by atoms with Gasteiger partial charge in [-0.3, -0.25) is 4.90 Å². The summed E-state index contributed by atoms with van der Waals surface area (Å²) in [5.41, 5.74) is 4.01. The fourth-order valence-electron chi connectivity index (χ4n) is 3.81. The predicted molar refractivity (Wildman–Crippen MR) is 111 cm³/mol. The van der Waals surface area contributed by atoms with Gasteiger partial charge in [-0.05, 0) is 68.4 Å². The van der Waals surface area contributed by atoms with Crippen molar-refractivity contribution in [1.82, 2.24) is 5.32 Å². The molecule has 26 heavy (non-hydrogen) atoms. The number of nitrogens with one attached hydrogen (secondary N) is 1. The quantitative estimate of drug-likeness (QED) is 0.674. The molecule has 2 heterocycles. The van der Waals surface area contributed by atoms with Gasteiger partial charge in [0.05, 0.1) is 13.2 Å². The van der Waals surface area contributed by atoms with Crippen molar-refractivity contribution in [2.75, 3.05) is 12.0 Å².